The van der Waals surface area contributed by atoms with E-state index < -0.39 is 61.0 Å². The maximum atomic E-state index is 11.4. The van der Waals surface area contributed by atoms with Gasteiger partial charge in [-0.25, -0.2) is 0 Å². The van der Waals surface area contributed by atoms with Gasteiger partial charge >= 0.3 is 134 Å². The predicted octanol–water partition coefficient (Wildman–Crippen LogP) is -3.21. The van der Waals surface area contributed by atoms with Crippen LogP contribution in [0.3, 0.4) is 0 Å². The fraction of sp³-hybridized carbons (Fsp3) is 0.600. The molecule has 2 radical (unpaired) electrons. The fourth-order valence-corrected chi connectivity index (χ4v) is 3.06. The third kappa shape index (κ3) is 10.1. The molecule has 2 atom stereocenters. The van der Waals surface area contributed by atoms with Crippen molar-refractivity contribution in [3.05, 3.63) is 0 Å². The van der Waals surface area contributed by atoms with Gasteiger partial charge in [-0.3, -0.25) is 0 Å². The Hall–Kier alpha value is -1.28. The normalized spacial score (nSPS) is 13.0. The van der Waals surface area contributed by atoms with Gasteiger partial charge in [-0.2, -0.15) is 0 Å². The Balaban J connectivity index is 3.91. The molecule has 0 aliphatic carbocycles. The monoisotopic (exact) mass is 498 g/mol. The van der Waals surface area contributed by atoms with Crippen molar-refractivity contribution in [1.29, 1.82) is 0 Å². The van der Waals surface area contributed by atoms with E-state index >= 15 is 0 Å². The summed E-state index contributed by atoms with van der Waals surface area (Å²) in [6.45, 7) is 0. The third-order valence-corrected chi connectivity index (χ3v) is 4.51. The van der Waals surface area contributed by atoms with Crippen molar-refractivity contribution < 1.29 is 24.6 Å². The number of nitrogens with two attached hydrogens (primary N) is 4. The second-order valence-electron chi connectivity index (χ2n) is 4.15. The third-order valence-electron chi connectivity index (χ3n) is 2.29. The summed E-state index contributed by atoms with van der Waals surface area (Å²) in [6, 6.07) is -1.99. The quantitative estimate of drug-likeness (QED) is 0.227. The van der Waals surface area contributed by atoms with Crippen LogP contribution in [0, 0.1) is 0 Å². The van der Waals surface area contributed by atoms with Gasteiger partial charge in [0.2, 0.25) is 0 Å². The summed E-state index contributed by atoms with van der Waals surface area (Å²) in [5, 5.41) is 0. The second-order valence-corrected chi connectivity index (χ2v) is 6.38. The van der Waals surface area contributed by atoms with Crippen LogP contribution in [-0.4, -0.2) is 61.0 Å². The molecule has 0 heterocycles. The number of hydrogen-bond acceptors (Lipinski definition) is 8. The molecule has 0 saturated heterocycles. The Bertz CT molecular complexity index is 369. The Morgan fingerprint density at radius 1 is 0.810 bits per heavy atom. The number of carbonyl (C=O) groups is 4. The van der Waals surface area contributed by atoms with Crippen LogP contribution in [0.1, 0.15) is 25.7 Å². The summed E-state index contributed by atoms with van der Waals surface area (Å²) in [4.78, 5) is 43.8. The van der Waals surface area contributed by atoms with E-state index in [-0.39, 0.29) is 25.7 Å². The average Bonchev–Trinajstić information content (AvgIpc) is 2.41. The first-order valence-electron chi connectivity index (χ1n) is 5.98. The van der Waals surface area contributed by atoms with Gasteiger partial charge in [-0.15, -0.1) is 0 Å². The summed E-state index contributed by atoms with van der Waals surface area (Å²) in [6.07, 6.45) is 0.0385. The van der Waals surface area contributed by atoms with Crippen LogP contribution >= 0.6 is 0 Å². The van der Waals surface area contributed by atoms with E-state index in [0.717, 1.165) is 0 Å². The summed E-state index contributed by atoms with van der Waals surface area (Å²) in [5.74, 6) is -2.66. The number of rotatable bonds is 10. The van der Waals surface area contributed by atoms with Gasteiger partial charge in [-0.1, -0.05) is 0 Å². The molecule has 0 aromatic rings. The topological polar surface area (TPSA) is 191 Å². The van der Waals surface area contributed by atoms with E-state index in [2.05, 4.69) is 0 Å². The van der Waals surface area contributed by atoms with Crippen molar-refractivity contribution in [2.45, 2.75) is 37.8 Å². The van der Waals surface area contributed by atoms with E-state index in [1.807, 2.05) is 0 Å². The van der Waals surface area contributed by atoms with Crippen LogP contribution < -0.4 is 22.9 Å². The summed E-state index contributed by atoms with van der Waals surface area (Å²) < 4.78 is 9.54. The van der Waals surface area contributed by atoms with Gasteiger partial charge in [-0.05, 0) is 0 Å². The first kappa shape index (κ1) is 19.7. The van der Waals surface area contributed by atoms with E-state index in [9.17, 15) is 19.2 Å². The Labute approximate surface area is 134 Å². The van der Waals surface area contributed by atoms with Crippen molar-refractivity contribution in [1.82, 2.24) is 0 Å². The molecule has 0 aliphatic heterocycles. The number of hydrogen-bond donors (Lipinski definition) is 4. The molecule has 0 aliphatic rings. The minimum atomic E-state index is -2.44. The molecule has 8 N–H and O–H groups in total. The number of carbonyl (C=O) groups excluding carboxylic acids is 4. The SMILES string of the molecule is NC(=O)CC[C@H](N)C(=O)[O][Pb][O]C(=O)[C@@H](N)CCC(N)=O. The standard InChI is InChI=1S/2C5H10N2O3.Pb/c2*6-3(5(9)10)1-2-4(7)8;/h2*3H,1-2,6H2,(H2,7,8)(H,9,10);/q;;+2/p-2/t2*3-;/m00./s1. The zero-order valence-electron chi connectivity index (χ0n) is 11.2. The Kier molecular flexibility index (Phi) is 9.81. The molecule has 0 spiro atoms. The fourth-order valence-electron chi connectivity index (χ4n) is 1.09. The Morgan fingerprint density at radius 2 is 1.14 bits per heavy atom. The predicted molar refractivity (Wildman–Crippen MR) is 70.7 cm³/mol. The van der Waals surface area contributed by atoms with Gasteiger partial charge in [0, 0.05) is 0 Å². The molecule has 0 aromatic heterocycles. The zero-order valence-corrected chi connectivity index (χ0v) is 15.1. The summed E-state index contributed by atoms with van der Waals surface area (Å²) >= 11 is -2.44. The molecule has 0 aromatic carbocycles. The molecule has 11 heteroatoms. The molecule has 21 heavy (non-hydrogen) atoms. The van der Waals surface area contributed by atoms with E-state index in [4.69, 9.17) is 28.3 Å². The van der Waals surface area contributed by atoms with Crippen LogP contribution in [0.2, 0.25) is 0 Å². The zero-order chi connectivity index (χ0) is 16.4. The molecule has 0 rings (SSSR count). The maximum absolute atomic E-state index is 11.4. The van der Waals surface area contributed by atoms with Crippen LogP contribution in [0.5, 0.6) is 0 Å². The van der Waals surface area contributed by atoms with Crippen molar-refractivity contribution in [2.24, 2.45) is 22.9 Å². The molecule has 0 bridgehead atoms. The van der Waals surface area contributed by atoms with Crippen LogP contribution in [0.25, 0.3) is 0 Å². The molecular formula is C10H18N4O6Pb. The number of amides is 2. The Morgan fingerprint density at radius 3 is 1.43 bits per heavy atom. The molecule has 0 saturated carbocycles. The van der Waals surface area contributed by atoms with Crippen LogP contribution in [-0.2, 0) is 24.6 Å². The molecule has 0 unspecified atom stereocenters. The number of primary amides is 2. The van der Waals surface area contributed by atoms with Gasteiger partial charge in [0.1, 0.15) is 0 Å². The second kappa shape index (κ2) is 10.4. The van der Waals surface area contributed by atoms with Crippen molar-refractivity contribution in [2.75, 3.05) is 0 Å². The van der Waals surface area contributed by atoms with Crippen molar-refractivity contribution >= 4 is 48.9 Å². The molecule has 0 fully saturated rings. The first-order valence-corrected chi connectivity index (χ1v) is 9.15. The summed E-state index contributed by atoms with van der Waals surface area (Å²) in [7, 11) is 0. The van der Waals surface area contributed by atoms with Gasteiger partial charge in [0.15, 0.2) is 0 Å². The van der Waals surface area contributed by atoms with Gasteiger partial charge in [0.05, 0.1) is 0 Å². The minimum absolute atomic E-state index is 0.0399. The first-order chi connectivity index (χ1) is 9.73. The van der Waals surface area contributed by atoms with Crippen LogP contribution in [0.4, 0.5) is 0 Å². The molecular weight excluding hydrogens is 479 g/mol. The summed E-state index contributed by atoms with van der Waals surface area (Å²) in [5.41, 5.74) is 20.7. The van der Waals surface area contributed by atoms with Crippen molar-refractivity contribution in [3.63, 3.8) is 0 Å². The van der Waals surface area contributed by atoms with Crippen molar-refractivity contribution in [3.8, 4) is 0 Å². The molecule has 10 nitrogen and oxygen atoms in total. The van der Waals surface area contributed by atoms with E-state index in [1.54, 1.807) is 0 Å². The van der Waals surface area contributed by atoms with Gasteiger partial charge < -0.3 is 0 Å². The molecule has 118 valence electrons. The molecule has 2 amide bonds. The van der Waals surface area contributed by atoms with Gasteiger partial charge in [0.25, 0.3) is 0 Å². The average molecular weight is 497 g/mol. The van der Waals surface area contributed by atoms with E-state index in [0.29, 0.717) is 0 Å². The van der Waals surface area contributed by atoms with E-state index in [1.165, 1.54) is 0 Å². The van der Waals surface area contributed by atoms with Crippen LogP contribution in [0.15, 0.2) is 0 Å².